The van der Waals surface area contributed by atoms with E-state index in [9.17, 15) is 14.7 Å². The van der Waals surface area contributed by atoms with Crippen molar-refractivity contribution in [1.29, 1.82) is 5.26 Å². The van der Waals surface area contributed by atoms with Crippen molar-refractivity contribution >= 4 is 33.4 Å². The Kier molecular flexibility index (Phi) is 5.68. The molecule has 0 heterocycles. The number of unbranched alkanes of at least 4 members (excludes halogenated alkanes) is 2. The number of benzene rings is 3. The van der Waals surface area contributed by atoms with Gasteiger partial charge in [0.15, 0.2) is 0 Å². The van der Waals surface area contributed by atoms with E-state index in [1.54, 1.807) is 0 Å². The summed E-state index contributed by atoms with van der Waals surface area (Å²) in [5.41, 5.74) is 0.493. The van der Waals surface area contributed by atoms with E-state index in [-0.39, 0.29) is 0 Å². The molecule has 1 atom stereocenters. The molecule has 0 aliphatic heterocycles. The second-order valence-electron chi connectivity index (χ2n) is 6.46. The van der Waals surface area contributed by atoms with Crippen LogP contribution in [0.15, 0.2) is 54.6 Å². The lowest BCUT2D eigenvalue weighted by molar-refractivity contribution is -0.139. The summed E-state index contributed by atoms with van der Waals surface area (Å²) >= 11 is 0. The van der Waals surface area contributed by atoms with Crippen molar-refractivity contribution in [3.8, 4) is 6.07 Å². The maximum atomic E-state index is 13.0. The number of hydrogen-bond acceptors (Lipinski definition) is 3. The largest absolute Gasteiger partial charge is 0.480 e. The predicted octanol–water partition coefficient (Wildman–Crippen LogP) is 4.26. The molecule has 136 valence electrons. The topological polar surface area (TPSA) is 90.2 Å². The van der Waals surface area contributed by atoms with E-state index in [2.05, 4.69) is 5.32 Å². The highest BCUT2D eigenvalue weighted by Gasteiger charge is 2.22. The van der Waals surface area contributed by atoms with Gasteiger partial charge in [-0.15, -0.1) is 0 Å². The monoisotopic (exact) mass is 360 g/mol. The fourth-order valence-electron chi connectivity index (χ4n) is 3.30. The summed E-state index contributed by atoms with van der Waals surface area (Å²) in [7, 11) is 0. The molecule has 3 rings (SSSR count). The third-order valence-electron chi connectivity index (χ3n) is 4.63. The summed E-state index contributed by atoms with van der Waals surface area (Å²) in [6.45, 7) is 0. The highest BCUT2D eigenvalue weighted by Crippen LogP contribution is 2.28. The average molecular weight is 360 g/mol. The molecule has 0 radical (unpaired) electrons. The molecule has 0 aromatic heterocycles. The van der Waals surface area contributed by atoms with Crippen LogP contribution in [0.25, 0.3) is 21.5 Å². The minimum atomic E-state index is -1.06. The summed E-state index contributed by atoms with van der Waals surface area (Å²) < 4.78 is 0. The third kappa shape index (κ3) is 4.06. The quantitative estimate of drug-likeness (QED) is 0.486. The van der Waals surface area contributed by atoms with Crippen molar-refractivity contribution in [2.24, 2.45) is 0 Å². The molecule has 0 spiro atoms. The molecular formula is C22H20N2O3. The highest BCUT2D eigenvalue weighted by molar-refractivity contribution is 6.18. The normalized spacial score (nSPS) is 11.8. The Hall–Kier alpha value is -3.39. The number of rotatable bonds is 7. The highest BCUT2D eigenvalue weighted by atomic mass is 16.4. The Morgan fingerprint density at radius 1 is 1.00 bits per heavy atom. The lowest BCUT2D eigenvalue weighted by Crippen LogP contribution is -2.40. The van der Waals surface area contributed by atoms with Gasteiger partial charge in [-0.05, 0) is 46.9 Å². The van der Waals surface area contributed by atoms with Gasteiger partial charge in [0.2, 0.25) is 0 Å². The van der Waals surface area contributed by atoms with Crippen LogP contribution in [0.4, 0.5) is 0 Å². The van der Waals surface area contributed by atoms with Crippen LogP contribution in [0.5, 0.6) is 0 Å². The number of carbonyl (C=O) groups excluding carboxylic acids is 1. The molecule has 0 fully saturated rings. The Morgan fingerprint density at radius 3 is 2.15 bits per heavy atom. The lowest BCUT2D eigenvalue weighted by atomic mass is 9.96. The van der Waals surface area contributed by atoms with E-state index < -0.39 is 17.9 Å². The van der Waals surface area contributed by atoms with Gasteiger partial charge in [-0.1, -0.05) is 48.5 Å². The second kappa shape index (κ2) is 8.33. The molecule has 0 aliphatic carbocycles. The van der Waals surface area contributed by atoms with E-state index in [0.717, 1.165) is 21.5 Å². The summed E-state index contributed by atoms with van der Waals surface area (Å²) in [5, 5.41) is 24.2. The van der Waals surface area contributed by atoms with Gasteiger partial charge in [0, 0.05) is 6.42 Å². The SMILES string of the molecule is N#CCCCC[C@@H](NC(=O)c1c2ccccc2cc2ccccc12)C(=O)O. The minimum Gasteiger partial charge on any atom is -0.480 e. The van der Waals surface area contributed by atoms with E-state index in [4.69, 9.17) is 5.26 Å². The number of carboxylic acid groups (broad SMARTS) is 1. The Balaban J connectivity index is 1.96. The first kappa shape index (κ1) is 18.4. The number of carbonyl (C=O) groups is 2. The van der Waals surface area contributed by atoms with Crippen molar-refractivity contribution in [3.63, 3.8) is 0 Å². The van der Waals surface area contributed by atoms with Gasteiger partial charge in [0.25, 0.3) is 5.91 Å². The molecule has 27 heavy (non-hydrogen) atoms. The smallest absolute Gasteiger partial charge is 0.326 e. The molecular weight excluding hydrogens is 340 g/mol. The van der Waals surface area contributed by atoms with E-state index >= 15 is 0 Å². The van der Waals surface area contributed by atoms with Crippen molar-refractivity contribution in [2.45, 2.75) is 31.7 Å². The van der Waals surface area contributed by atoms with E-state index in [1.807, 2.05) is 60.7 Å². The molecule has 0 aliphatic rings. The number of aliphatic carboxylic acids is 1. The molecule has 0 saturated heterocycles. The summed E-state index contributed by atoms with van der Waals surface area (Å²) in [5.74, 6) is -1.46. The van der Waals surface area contributed by atoms with Crippen LogP contribution in [0.3, 0.4) is 0 Å². The zero-order chi connectivity index (χ0) is 19.2. The van der Waals surface area contributed by atoms with Crippen LogP contribution < -0.4 is 5.32 Å². The Morgan fingerprint density at radius 2 is 1.59 bits per heavy atom. The van der Waals surface area contributed by atoms with Crippen LogP contribution >= 0.6 is 0 Å². The number of nitrogens with zero attached hydrogens (tertiary/aromatic N) is 1. The maximum Gasteiger partial charge on any atom is 0.326 e. The van der Waals surface area contributed by atoms with Gasteiger partial charge in [-0.25, -0.2) is 4.79 Å². The molecule has 3 aromatic carbocycles. The fourth-order valence-corrected chi connectivity index (χ4v) is 3.30. The summed E-state index contributed by atoms with van der Waals surface area (Å²) in [6, 6.07) is 18.3. The molecule has 0 saturated carbocycles. The number of carboxylic acids is 1. The van der Waals surface area contributed by atoms with Crippen molar-refractivity contribution in [3.05, 3.63) is 60.2 Å². The van der Waals surface area contributed by atoms with Gasteiger partial charge in [-0.2, -0.15) is 5.26 Å². The number of hydrogen-bond donors (Lipinski definition) is 2. The van der Waals surface area contributed by atoms with Crippen molar-refractivity contribution in [1.82, 2.24) is 5.32 Å². The molecule has 0 unspecified atom stereocenters. The Labute approximate surface area is 157 Å². The summed E-state index contributed by atoms with van der Waals surface area (Å²) in [4.78, 5) is 24.6. The van der Waals surface area contributed by atoms with Crippen molar-refractivity contribution < 1.29 is 14.7 Å². The maximum absolute atomic E-state index is 13.0. The standard InChI is InChI=1S/C22H20N2O3/c23-13-7-1-2-12-19(22(26)27)24-21(25)20-17-10-5-3-8-15(17)14-16-9-4-6-11-18(16)20/h3-6,8-11,14,19H,1-2,7,12H2,(H,24,25)(H,26,27)/t19-/m1/s1. The number of fused-ring (bicyclic) bond motifs is 2. The third-order valence-corrected chi connectivity index (χ3v) is 4.63. The Bertz CT molecular complexity index is 983. The van der Waals surface area contributed by atoms with Gasteiger partial charge < -0.3 is 10.4 Å². The zero-order valence-corrected chi connectivity index (χ0v) is 14.8. The van der Waals surface area contributed by atoms with Crippen LogP contribution in [0.2, 0.25) is 0 Å². The summed E-state index contributed by atoms with van der Waals surface area (Å²) in [6.07, 6.45) is 1.87. The van der Waals surface area contributed by atoms with Crippen LogP contribution in [-0.4, -0.2) is 23.0 Å². The lowest BCUT2D eigenvalue weighted by Gasteiger charge is -2.17. The van der Waals surface area contributed by atoms with Gasteiger partial charge in [0.1, 0.15) is 6.04 Å². The fraction of sp³-hybridized carbons (Fsp3) is 0.227. The van der Waals surface area contributed by atoms with Crippen LogP contribution in [0, 0.1) is 11.3 Å². The first-order chi connectivity index (χ1) is 13.1. The van der Waals surface area contributed by atoms with E-state index in [1.165, 1.54) is 0 Å². The van der Waals surface area contributed by atoms with E-state index in [0.29, 0.717) is 31.2 Å². The second-order valence-corrected chi connectivity index (χ2v) is 6.46. The molecule has 5 heteroatoms. The molecule has 3 aromatic rings. The first-order valence-corrected chi connectivity index (χ1v) is 8.93. The van der Waals surface area contributed by atoms with Crippen LogP contribution in [0.1, 0.15) is 36.0 Å². The predicted molar refractivity (Wildman–Crippen MR) is 104 cm³/mol. The average Bonchev–Trinajstić information content (AvgIpc) is 2.68. The molecule has 5 nitrogen and oxygen atoms in total. The number of nitriles is 1. The zero-order valence-electron chi connectivity index (χ0n) is 14.8. The number of amides is 1. The minimum absolute atomic E-state index is 0.297. The molecule has 0 bridgehead atoms. The van der Waals surface area contributed by atoms with Gasteiger partial charge in [0.05, 0.1) is 11.6 Å². The first-order valence-electron chi connectivity index (χ1n) is 8.93. The molecule has 2 N–H and O–H groups in total. The van der Waals surface area contributed by atoms with Gasteiger partial charge in [-0.3, -0.25) is 4.79 Å². The van der Waals surface area contributed by atoms with Gasteiger partial charge >= 0.3 is 5.97 Å². The van der Waals surface area contributed by atoms with Crippen LogP contribution in [-0.2, 0) is 4.79 Å². The van der Waals surface area contributed by atoms with Crippen molar-refractivity contribution in [2.75, 3.05) is 0 Å². The number of nitrogens with one attached hydrogen (secondary N) is 1. The molecule has 1 amide bonds.